The number of carboxylic acids is 1. The highest BCUT2D eigenvalue weighted by Gasteiger charge is 2.32. The minimum absolute atomic E-state index is 0.356. The number of carbonyl (C=O) groups is 1. The Labute approximate surface area is 118 Å². The maximum Gasteiger partial charge on any atom is 0.307 e. The predicted octanol–water partition coefficient (Wildman–Crippen LogP) is 0.461. The number of aromatic amines is 1. The normalized spacial score (nSPS) is 14.1. The molecule has 2 rings (SSSR count). The highest BCUT2D eigenvalue weighted by Crippen LogP contribution is 2.30. The second kappa shape index (κ2) is 6.37. The van der Waals surface area contributed by atoms with E-state index in [0.29, 0.717) is 28.8 Å². The Hall–Kier alpha value is -2.10. The van der Waals surface area contributed by atoms with E-state index < -0.39 is 17.8 Å². The van der Waals surface area contributed by atoms with E-state index in [1.54, 1.807) is 0 Å². The van der Waals surface area contributed by atoms with Crippen molar-refractivity contribution in [2.75, 3.05) is 5.73 Å². The highest BCUT2D eigenvalue weighted by atomic mass is 32.1. The van der Waals surface area contributed by atoms with Gasteiger partial charge in [0.25, 0.3) is 0 Å². The number of rotatable bonds is 7. The van der Waals surface area contributed by atoms with Crippen molar-refractivity contribution in [2.45, 2.75) is 32.1 Å². The largest absolute Gasteiger partial charge is 0.481 e. The quantitative estimate of drug-likeness (QED) is 0.668. The van der Waals surface area contributed by atoms with Crippen LogP contribution in [0.25, 0.3) is 0 Å². The van der Waals surface area contributed by atoms with Gasteiger partial charge >= 0.3 is 5.97 Å². The summed E-state index contributed by atoms with van der Waals surface area (Å²) in [5, 5.41) is 31.8. The standard InChI is InChI=1S/C10H15N7O2S/c1-2-3-5(9(18)19)6(8-13-16-17-14-8)4-7-12-15-10(11)20-7/h5-6H,2-4H2,1H3,(H2,11,15)(H,18,19)(H,13,14,16,17)/t5?,6-/m0/s1. The second-order valence-corrected chi connectivity index (χ2v) is 5.44. The number of H-pyrrole nitrogens is 1. The Morgan fingerprint density at radius 3 is 2.75 bits per heavy atom. The molecule has 0 aliphatic heterocycles. The average Bonchev–Trinajstić information content (AvgIpc) is 3.04. The number of nitrogens with two attached hydrogens (primary N) is 1. The van der Waals surface area contributed by atoms with Crippen LogP contribution in [0.1, 0.15) is 36.5 Å². The molecular formula is C10H15N7O2S. The van der Waals surface area contributed by atoms with Crippen molar-refractivity contribution < 1.29 is 9.90 Å². The van der Waals surface area contributed by atoms with E-state index in [4.69, 9.17) is 5.73 Å². The zero-order valence-electron chi connectivity index (χ0n) is 10.9. The third kappa shape index (κ3) is 3.26. The maximum atomic E-state index is 11.5. The molecule has 10 heteroatoms. The van der Waals surface area contributed by atoms with Gasteiger partial charge in [0, 0.05) is 12.3 Å². The summed E-state index contributed by atoms with van der Waals surface area (Å²) in [5.41, 5.74) is 5.55. The van der Waals surface area contributed by atoms with Crippen LogP contribution in [-0.4, -0.2) is 41.9 Å². The molecule has 20 heavy (non-hydrogen) atoms. The molecule has 0 radical (unpaired) electrons. The molecule has 0 bridgehead atoms. The fourth-order valence-corrected chi connectivity index (χ4v) is 2.75. The summed E-state index contributed by atoms with van der Waals surface area (Å²) in [4.78, 5) is 11.5. The van der Waals surface area contributed by atoms with Crippen molar-refractivity contribution >= 4 is 22.4 Å². The van der Waals surface area contributed by atoms with Crippen molar-refractivity contribution in [2.24, 2.45) is 5.92 Å². The number of carboxylic acid groups (broad SMARTS) is 1. The number of hydrogen-bond acceptors (Lipinski definition) is 8. The lowest BCUT2D eigenvalue weighted by Gasteiger charge is -2.19. The Bertz CT molecular complexity index is 556. The van der Waals surface area contributed by atoms with Crippen molar-refractivity contribution in [1.82, 2.24) is 30.8 Å². The van der Waals surface area contributed by atoms with Gasteiger partial charge in [-0.15, -0.1) is 20.4 Å². The van der Waals surface area contributed by atoms with Crippen LogP contribution in [0.5, 0.6) is 0 Å². The van der Waals surface area contributed by atoms with Crippen molar-refractivity contribution in [1.29, 1.82) is 0 Å². The number of anilines is 1. The number of tetrazole rings is 1. The summed E-state index contributed by atoms with van der Waals surface area (Å²) in [6.07, 6.45) is 1.66. The third-order valence-electron chi connectivity index (χ3n) is 2.97. The van der Waals surface area contributed by atoms with Crippen LogP contribution in [0.4, 0.5) is 5.13 Å². The van der Waals surface area contributed by atoms with E-state index in [9.17, 15) is 9.90 Å². The van der Waals surface area contributed by atoms with Gasteiger partial charge in [-0.25, -0.2) is 0 Å². The number of hydrogen-bond donors (Lipinski definition) is 3. The van der Waals surface area contributed by atoms with Crippen molar-refractivity contribution in [3.8, 4) is 0 Å². The van der Waals surface area contributed by atoms with Crippen LogP contribution in [0.2, 0.25) is 0 Å². The molecule has 0 amide bonds. The predicted molar refractivity (Wildman–Crippen MR) is 71.0 cm³/mol. The van der Waals surface area contributed by atoms with Gasteiger partial charge in [-0.2, -0.15) is 5.21 Å². The van der Waals surface area contributed by atoms with E-state index >= 15 is 0 Å². The molecule has 0 aromatic carbocycles. The van der Waals surface area contributed by atoms with E-state index in [-0.39, 0.29) is 0 Å². The monoisotopic (exact) mass is 297 g/mol. The zero-order valence-corrected chi connectivity index (χ0v) is 11.7. The van der Waals surface area contributed by atoms with E-state index in [0.717, 1.165) is 6.42 Å². The lowest BCUT2D eigenvalue weighted by molar-refractivity contribution is -0.142. The minimum atomic E-state index is -0.876. The van der Waals surface area contributed by atoms with Crippen LogP contribution in [0.15, 0.2) is 0 Å². The Morgan fingerprint density at radius 1 is 1.45 bits per heavy atom. The second-order valence-electron chi connectivity index (χ2n) is 4.35. The van der Waals surface area contributed by atoms with Crippen LogP contribution in [-0.2, 0) is 11.2 Å². The van der Waals surface area contributed by atoms with Gasteiger partial charge in [0.15, 0.2) is 5.82 Å². The first kappa shape index (κ1) is 14.3. The molecule has 2 atom stereocenters. The molecule has 108 valence electrons. The number of nitrogens with zero attached hydrogens (tertiary/aromatic N) is 5. The Balaban J connectivity index is 2.26. The van der Waals surface area contributed by atoms with Gasteiger partial charge in [0.2, 0.25) is 5.13 Å². The molecule has 1 unspecified atom stereocenters. The molecule has 0 aliphatic carbocycles. The van der Waals surface area contributed by atoms with E-state index in [2.05, 4.69) is 30.8 Å². The van der Waals surface area contributed by atoms with Gasteiger partial charge in [-0.05, 0) is 6.42 Å². The summed E-state index contributed by atoms with van der Waals surface area (Å²) in [7, 11) is 0. The van der Waals surface area contributed by atoms with Crippen LogP contribution < -0.4 is 5.73 Å². The number of nitrogens with one attached hydrogen (secondary N) is 1. The van der Waals surface area contributed by atoms with Crippen molar-refractivity contribution in [3.05, 3.63) is 10.8 Å². The number of nitrogen functional groups attached to an aromatic ring is 1. The molecular weight excluding hydrogens is 282 g/mol. The Kier molecular flexibility index (Phi) is 4.56. The highest BCUT2D eigenvalue weighted by molar-refractivity contribution is 7.15. The van der Waals surface area contributed by atoms with Gasteiger partial charge in [-0.1, -0.05) is 29.9 Å². The lowest BCUT2D eigenvalue weighted by Crippen LogP contribution is -2.25. The molecule has 4 N–H and O–H groups in total. The molecule has 2 aromatic heterocycles. The Morgan fingerprint density at radius 2 is 2.25 bits per heavy atom. The van der Waals surface area contributed by atoms with Gasteiger partial charge in [-0.3, -0.25) is 4.79 Å². The van der Waals surface area contributed by atoms with Gasteiger partial charge in [0.05, 0.1) is 5.92 Å². The molecule has 0 aliphatic rings. The van der Waals surface area contributed by atoms with Gasteiger partial charge in [0.1, 0.15) is 5.01 Å². The summed E-state index contributed by atoms with van der Waals surface area (Å²) >= 11 is 1.24. The number of aromatic nitrogens is 6. The SMILES string of the molecule is CCCC(C(=O)O)[C@H](Cc1nnc(N)s1)c1nn[nH]n1. The van der Waals surface area contributed by atoms with E-state index in [1.165, 1.54) is 11.3 Å². The molecule has 2 aromatic rings. The molecule has 2 heterocycles. The molecule has 9 nitrogen and oxygen atoms in total. The van der Waals surface area contributed by atoms with E-state index in [1.807, 2.05) is 6.92 Å². The summed E-state index contributed by atoms with van der Waals surface area (Å²) in [5.74, 6) is -1.50. The first-order valence-corrected chi connectivity index (χ1v) is 6.97. The first-order valence-electron chi connectivity index (χ1n) is 6.15. The van der Waals surface area contributed by atoms with Crippen molar-refractivity contribution in [3.63, 3.8) is 0 Å². The fourth-order valence-electron chi connectivity index (χ4n) is 2.09. The third-order valence-corrected chi connectivity index (χ3v) is 3.75. The summed E-state index contributed by atoms with van der Waals surface area (Å²) in [6, 6.07) is 0. The smallest absolute Gasteiger partial charge is 0.307 e. The zero-order chi connectivity index (χ0) is 14.5. The fraction of sp³-hybridized carbons (Fsp3) is 0.600. The summed E-state index contributed by atoms with van der Waals surface area (Å²) < 4.78 is 0. The molecule has 0 fully saturated rings. The summed E-state index contributed by atoms with van der Waals surface area (Å²) in [6.45, 7) is 1.94. The minimum Gasteiger partial charge on any atom is -0.481 e. The molecule has 0 saturated carbocycles. The van der Waals surface area contributed by atoms with Gasteiger partial charge < -0.3 is 10.8 Å². The molecule has 0 saturated heterocycles. The first-order chi connectivity index (χ1) is 9.61. The van der Waals surface area contributed by atoms with Crippen LogP contribution in [0.3, 0.4) is 0 Å². The van der Waals surface area contributed by atoms with Crippen LogP contribution in [0, 0.1) is 5.92 Å². The molecule has 0 spiro atoms. The topological polar surface area (TPSA) is 144 Å². The van der Waals surface area contributed by atoms with Crippen LogP contribution >= 0.6 is 11.3 Å². The average molecular weight is 297 g/mol. The lowest BCUT2D eigenvalue weighted by atomic mass is 9.85. The number of aliphatic carboxylic acids is 1. The maximum absolute atomic E-state index is 11.5.